The van der Waals surface area contributed by atoms with E-state index in [1.807, 2.05) is 38.1 Å². The predicted molar refractivity (Wildman–Crippen MR) is 110 cm³/mol. The zero-order chi connectivity index (χ0) is 20.0. The predicted octanol–water partition coefficient (Wildman–Crippen LogP) is 4.59. The summed E-state index contributed by atoms with van der Waals surface area (Å²) in [5.74, 6) is 2.61. The van der Waals surface area contributed by atoms with Crippen LogP contribution < -0.4 is 18.9 Å². The fraction of sp³-hybridized carbons (Fsp3) is 0.273. The molecule has 2 aromatic heterocycles. The van der Waals surface area contributed by atoms with Crippen molar-refractivity contribution >= 4 is 32.6 Å². The molecule has 0 fully saturated rings. The second-order valence-corrected chi connectivity index (χ2v) is 6.59. The van der Waals surface area contributed by atoms with Crippen molar-refractivity contribution in [3.63, 3.8) is 0 Å². The van der Waals surface area contributed by atoms with Gasteiger partial charge in [-0.25, -0.2) is 0 Å². The second kappa shape index (κ2) is 6.71. The Kier molecular flexibility index (Phi) is 4.34. The molecule has 4 rings (SSSR count). The molecule has 0 aliphatic heterocycles. The molecule has 0 aliphatic carbocycles. The van der Waals surface area contributed by atoms with Crippen LogP contribution in [0.3, 0.4) is 0 Å². The molecule has 6 heteroatoms. The van der Waals surface area contributed by atoms with Gasteiger partial charge < -0.3 is 18.9 Å². The number of methoxy groups -OCH3 is 4. The molecule has 144 valence electrons. The first-order valence-corrected chi connectivity index (χ1v) is 8.90. The van der Waals surface area contributed by atoms with E-state index >= 15 is 0 Å². The van der Waals surface area contributed by atoms with Crippen LogP contribution in [-0.2, 0) is 0 Å². The number of pyridine rings is 2. The fourth-order valence-electron chi connectivity index (χ4n) is 3.83. The SMILES string of the molecule is COc1cc2nc(C)c3c(C)nc4cc(OC)c(OC)cc4c3c2cc1OC. The van der Waals surface area contributed by atoms with Gasteiger partial charge >= 0.3 is 0 Å². The molecule has 0 N–H and O–H groups in total. The van der Waals surface area contributed by atoms with Crippen molar-refractivity contribution in [1.29, 1.82) is 0 Å². The van der Waals surface area contributed by atoms with Crippen LogP contribution in [0, 0.1) is 13.8 Å². The van der Waals surface area contributed by atoms with E-state index in [-0.39, 0.29) is 0 Å². The Hall–Kier alpha value is -3.28. The van der Waals surface area contributed by atoms with Gasteiger partial charge in [0, 0.05) is 45.1 Å². The van der Waals surface area contributed by atoms with Crippen molar-refractivity contribution in [3.8, 4) is 23.0 Å². The largest absolute Gasteiger partial charge is 0.493 e. The molecule has 0 aliphatic rings. The molecule has 0 spiro atoms. The van der Waals surface area contributed by atoms with Crippen molar-refractivity contribution in [1.82, 2.24) is 9.97 Å². The summed E-state index contributed by atoms with van der Waals surface area (Å²) in [6.45, 7) is 4.00. The zero-order valence-electron chi connectivity index (χ0n) is 16.8. The summed E-state index contributed by atoms with van der Waals surface area (Å²) >= 11 is 0. The molecule has 0 atom stereocenters. The Balaban J connectivity index is 2.27. The maximum Gasteiger partial charge on any atom is 0.162 e. The van der Waals surface area contributed by atoms with Gasteiger partial charge in [-0.05, 0) is 26.0 Å². The van der Waals surface area contributed by atoms with Crippen LogP contribution >= 0.6 is 0 Å². The Labute approximate surface area is 163 Å². The van der Waals surface area contributed by atoms with Crippen molar-refractivity contribution < 1.29 is 18.9 Å². The zero-order valence-corrected chi connectivity index (χ0v) is 16.8. The van der Waals surface area contributed by atoms with E-state index in [2.05, 4.69) is 0 Å². The summed E-state index contributed by atoms with van der Waals surface area (Å²) < 4.78 is 22.0. The Morgan fingerprint density at radius 1 is 0.536 bits per heavy atom. The molecular formula is C22H22N2O4. The lowest BCUT2D eigenvalue weighted by molar-refractivity contribution is 0.355. The summed E-state index contributed by atoms with van der Waals surface area (Å²) in [4.78, 5) is 9.60. The number of hydrogen-bond donors (Lipinski definition) is 0. The minimum Gasteiger partial charge on any atom is -0.493 e. The highest BCUT2D eigenvalue weighted by Crippen LogP contribution is 2.41. The summed E-state index contributed by atoms with van der Waals surface area (Å²) in [7, 11) is 6.51. The van der Waals surface area contributed by atoms with E-state index in [0.29, 0.717) is 23.0 Å². The molecule has 0 bridgehead atoms. The van der Waals surface area contributed by atoms with Crippen LogP contribution in [0.15, 0.2) is 24.3 Å². The molecule has 6 nitrogen and oxygen atoms in total. The molecule has 0 saturated carbocycles. The number of fused-ring (bicyclic) bond motifs is 5. The van der Waals surface area contributed by atoms with E-state index in [1.165, 1.54) is 0 Å². The van der Waals surface area contributed by atoms with E-state index in [9.17, 15) is 0 Å². The highest BCUT2D eigenvalue weighted by molar-refractivity contribution is 6.20. The number of aromatic nitrogens is 2. The highest BCUT2D eigenvalue weighted by Gasteiger charge is 2.18. The van der Waals surface area contributed by atoms with Gasteiger partial charge in [-0.2, -0.15) is 0 Å². The second-order valence-electron chi connectivity index (χ2n) is 6.59. The van der Waals surface area contributed by atoms with E-state index < -0.39 is 0 Å². The summed E-state index contributed by atoms with van der Waals surface area (Å²) in [6.07, 6.45) is 0. The smallest absolute Gasteiger partial charge is 0.162 e. The average Bonchev–Trinajstić information content (AvgIpc) is 2.71. The molecule has 2 heterocycles. The molecule has 0 radical (unpaired) electrons. The van der Waals surface area contributed by atoms with Crippen LogP contribution in [0.1, 0.15) is 11.4 Å². The number of nitrogens with zero attached hydrogens (tertiary/aromatic N) is 2. The maximum absolute atomic E-state index is 5.53. The third-order valence-corrected chi connectivity index (χ3v) is 5.09. The van der Waals surface area contributed by atoms with E-state index in [1.54, 1.807) is 28.4 Å². The van der Waals surface area contributed by atoms with E-state index in [0.717, 1.165) is 44.0 Å². The summed E-state index contributed by atoms with van der Waals surface area (Å²) in [5, 5.41) is 4.04. The van der Waals surface area contributed by atoms with Gasteiger partial charge in [-0.15, -0.1) is 0 Å². The Morgan fingerprint density at radius 2 is 0.893 bits per heavy atom. The number of aryl methyl sites for hydroxylation is 2. The Bertz CT molecular complexity index is 1140. The minimum atomic E-state index is 0.649. The minimum absolute atomic E-state index is 0.649. The van der Waals surface area contributed by atoms with Crippen LogP contribution in [-0.4, -0.2) is 38.4 Å². The van der Waals surface area contributed by atoms with Gasteiger partial charge in [0.2, 0.25) is 0 Å². The van der Waals surface area contributed by atoms with E-state index in [4.69, 9.17) is 28.9 Å². The number of hydrogen-bond acceptors (Lipinski definition) is 6. The standard InChI is InChI=1S/C22H22N2O4/c1-11-21-12(2)24-16-10-20(28-6)18(26-4)8-14(16)22(21)13-7-17(25-3)19(27-5)9-15(13)23-11/h7-10H,1-6H3. The molecule has 0 unspecified atom stereocenters. The average molecular weight is 378 g/mol. The fourth-order valence-corrected chi connectivity index (χ4v) is 3.83. The van der Waals surface area contributed by atoms with Crippen molar-refractivity contribution in [2.45, 2.75) is 13.8 Å². The van der Waals surface area contributed by atoms with Gasteiger partial charge in [0.1, 0.15) is 0 Å². The number of rotatable bonds is 4. The van der Waals surface area contributed by atoms with Gasteiger partial charge in [0.05, 0.1) is 39.5 Å². The Morgan fingerprint density at radius 3 is 1.25 bits per heavy atom. The highest BCUT2D eigenvalue weighted by atomic mass is 16.5. The first-order chi connectivity index (χ1) is 13.5. The molecular weight excluding hydrogens is 356 g/mol. The van der Waals surface area contributed by atoms with Gasteiger partial charge in [0.15, 0.2) is 23.0 Å². The lowest BCUT2D eigenvalue weighted by Gasteiger charge is -2.16. The van der Waals surface area contributed by atoms with Crippen LogP contribution in [0.4, 0.5) is 0 Å². The maximum atomic E-state index is 5.53. The topological polar surface area (TPSA) is 62.7 Å². The summed E-state index contributed by atoms with van der Waals surface area (Å²) in [6, 6.07) is 7.75. The van der Waals surface area contributed by atoms with Crippen LogP contribution in [0.5, 0.6) is 23.0 Å². The van der Waals surface area contributed by atoms with Crippen molar-refractivity contribution in [2.75, 3.05) is 28.4 Å². The quantitative estimate of drug-likeness (QED) is 0.484. The van der Waals surface area contributed by atoms with Gasteiger partial charge in [-0.1, -0.05) is 0 Å². The third kappa shape index (κ3) is 2.56. The molecule has 4 aromatic rings. The monoisotopic (exact) mass is 378 g/mol. The lowest BCUT2D eigenvalue weighted by Crippen LogP contribution is -1.98. The summed E-state index contributed by atoms with van der Waals surface area (Å²) in [5.41, 5.74) is 3.50. The molecule has 28 heavy (non-hydrogen) atoms. The lowest BCUT2D eigenvalue weighted by atomic mass is 9.98. The van der Waals surface area contributed by atoms with Gasteiger partial charge in [-0.3, -0.25) is 9.97 Å². The molecule has 0 saturated heterocycles. The first kappa shape index (κ1) is 18.1. The van der Waals surface area contributed by atoms with Crippen LogP contribution in [0.25, 0.3) is 32.6 Å². The van der Waals surface area contributed by atoms with Gasteiger partial charge in [0.25, 0.3) is 0 Å². The normalized spacial score (nSPS) is 11.2. The third-order valence-electron chi connectivity index (χ3n) is 5.09. The molecule has 0 amide bonds. The number of ether oxygens (including phenoxy) is 4. The van der Waals surface area contributed by atoms with Crippen molar-refractivity contribution in [2.24, 2.45) is 0 Å². The number of benzene rings is 2. The van der Waals surface area contributed by atoms with Crippen LogP contribution in [0.2, 0.25) is 0 Å². The van der Waals surface area contributed by atoms with Crippen molar-refractivity contribution in [3.05, 3.63) is 35.7 Å². The molecule has 2 aromatic carbocycles. The first-order valence-electron chi connectivity index (χ1n) is 8.90.